The van der Waals surface area contributed by atoms with Gasteiger partial charge in [0.2, 0.25) is 0 Å². The molecule has 34 heavy (non-hydrogen) atoms. The molecule has 2 aromatic carbocycles. The van der Waals surface area contributed by atoms with Gasteiger partial charge < -0.3 is 9.47 Å². The number of Topliss-reactive ketones (excluding diaryl/α,β-unsaturated/α-hetero) is 1. The first kappa shape index (κ1) is 23.9. The van der Waals surface area contributed by atoms with Crippen LogP contribution in [-0.2, 0) is 20.7 Å². The zero-order valence-electron chi connectivity index (χ0n) is 20.5. The van der Waals surface area contributed by atoms with Crippen molar-refractivity contribution >= 4 is 17.5 Å². The van der Waals surface area contributed by atoms with E-state index < -0.39 is 17.8 Å². The minimum Gasteiger partial charge on any atom is -0.494 e. The van der Waals surface area contributed by atoms with Crippen LogP contribution in [0.15, 0.2) is 70.9 Å². The van der Waals surface area contributed by atoms with Gasteiger partial charge in [0.05, 0.1) is 24.7 Å². The number of hydrogen-bond acceptors (Lipinski definition) is 5. The van der Waals surface area contributed by atoms with Crippen LogP contribution in [0, 0.1) is 11.3 Å². The van der Waals surface area contributed by atoms with Crippen molar-refractivity contribution in [2.45, 2.75) is 52.9 Å². The fourth-order valence-corrected chi connectivity index (χ4v) is 5.14. The predicted octanol–water partition coefficient (Wildman–Crippen LogP) is 5.69. The van der Waals surface area contributed by atoms with E-state index in [9.17, 15) is 9.59 Å². The lowest BCUT2D eigenvalue weighted by atomic mass is 9.63. The maximum atomic E-state index is 13.4. The van der Waals surface area contributed by atoms with E-state index in [2.05, 4.69) is 13.8 Å². The van der Waals surface area contributed by atoms with Crippen LogP contribution in [0.2, 0.25) is 0 Å². The summed E-state index contributed by atoms with van der Waals surface area (Å²) in [6, 6.07) is 17.6. The molecule has 2 aliphatic rings. The molecule has 5 heteroatoms. The van der Waals surface area contributed by atoms with Crippen molar-refractivity contribution in [2.24, 2.45) is 16.3 Å². The number of rotatable bonds is 7. The molecular weight excluding hydrogens is 426 g/mol. The Morgan fingerprint density at radius 2 is 1.74 bits per heavy atom. The van der Waals surface area contributed by atoms with E-state index in [4.69, 9.17) is 14.5 Å². The van der Waals surface area contributed by atoms with Crippen LogP contribution in [0.5, 0.6) is 5.75 Å². The zero-order chi connectivity index (χ0) is 24.3. The second kappa shape index (κ2) is 9.96. The minimum atomic E-state index is -0.439. The summed E-state index contributed by atoms with van der Waals surface area (Å²) in [6.45, 7) is 8.84. The summed E-state index contributed by atoms with van der Waals surface area (Å²) in [4.78, 5) is 31.6. The molecular formula is C29H33NO4. The first-order chi connectivity index (χ1) is 16.3. The van der Waals surface area contributed by atoms with Crippen LogP contribution in [0.1, 0.15) is 57.6 Å². The molecule has 1 unspecified atom stereocenters. The number of fused-ring (bicyclic) bond motifs is 1. The summed E-state index contributed by atoms with van der Waals surface area (Å²) in [5, 5.41) is 0. The van der Waals surface area contributed by atoms with Crippen LogP contribution in [0.25, 0.3) is 0 Å². The van der Waals surface area contributed by atoms with Gasteiger partial charge in [-0.1, -0.05) is 56.3 Å². The summed E-state index contributed by atoms with van der Waals surface area (Å²) in [6.07, 6.45) is 1.85. The van der Waals surface area contributed by atoms with E-state index in [1.54, 1.807) is 0 Å². The average molecular weight is 460 g/mol. The van der Waals surface area contributed by atoms with Crippen molar-refractivity contribution in [2.75, 3.05) is 13.2 Å². The van der Waals surface area contributed by atoms with Crippen molar-refractivity contribution < 1.29 is 19.1 Å². The number of allylic oxidation sites excluding steroid dienone is 1. The van der Waals surface area contributed by atoms with E-state index in [0.29, 0.717) is 30.7 Å². The first-order valence-electron chi connectivity index (χ1n) is 12.0. The number of carbonyl (C=O) groups is 2. The third-order valence-corrected chi connectivity index (χ3v) is 6.60. The molecule has 0 bridgehead atoms. The maximum Gasteiger partial charge on any atom is 0.336 e. The normalized spacial score (nSPS) is 21.5. The quantitative estimate of drug-likeness (QED) is 0.499. The molecule has 1 aliphatic heterocycles. The third kappa shape index (κ3) is 5.14. The van der Waals surface area contributed by atoms with Crippen molar-refractivity contribution in [1.82, 2.24) is 0 Å². The number of carbonyl (C=O) groups excluding carboxylic acids is 2. The van der Waals surface area contributed by atoms with E-state index in [1.807, 2.05) is 68.4 Å². The van der Waals surface area contributed by atoms with Crippen molar-refractivity contribution in [3.63, 3.8) is 0 Å². The Kier molecular flexibility index (Phi) is 7.01. The monoisotopic (exact) mass is 459 g/mol. The second-order valence-corrected chi connectivity index (χ2v) is 9.92. The lowest BCUT2D eigenvalue weighted by molar-refractivity contribution is -0.139. The molecule has 0 spiro atoms. The molecule has 1 saturated carbocycles. The third-order valence-electron chi connectivity index (χ3n) is 6.60. The highest BCUT2D eigenvalue weighted by atomic mass is 16.5. The van der Waals surface area contributed by atoms with Crippen molar-refractivity contribution in [1.29, 1.82) is 0 Å². The fourth-order valence-electron chi connectivity index (χ4n) is 5.14. The Hall–Kier alpha value is -3.21. The topological polar surface area (TPSA) is 65.0 Å². The summed E-state index contributed by atoms with van der Waals surface area (Å²) >= 11 is 0. The molecule has 0 amide bonds. The van der Waals surface area contributed by atoms with E-state index >= 15 is 0 Å². The Labute approximate surface area is 201 Å². The number of aliphatic imine (C=N–C) groups is 1. The number of nitrogens with zero attached hydrogens (tertiary/aromatic N) is 1. The lowest BCUT2D eigenvalue weighted by Gasteiger charge is -2.41. The van der Waals surface area contributed by atoms with Gasteiger partial charge in [-0.25, -0.2) is 4.79 Å². The van der Waals surface area contributed by atoms with Gasteiger partial charge in [0.15, 0.2) is 0 Å². The standard InChI is InChI=1S/C29H33NO4/c1-5-33-22-13-11-21(12-14-22)26-25(28(32)34-16-15-20-9-7-6-8-10-20)19(2)30-23-17-29(3,4)18-24(31)27(23)26/h6-14,26-27H,5,15-18H2,1-4H3/t26-,27?/m0/s1. The summed E-state index contributed by atoms with van der Waals surface area (Å²) in [5.41, 5.74) is 3.88. The average Bonchev–Trinajstić information content (AvgIpc) is 2.78. The Bertz CT molecular complexity index is 1110. The second-order valence-electron chi connectivity index (χ2n) is 9.92. The molecule has 1 aliphatic carbocycles. The Morgan fingerprint density at radius 3 is 2.41 bits per heavy atom. The molecule has 0 saturated heterocycles. The molecule has 4 rings (SSSR count). The number of benzene rings is 2. The van der Waals surface area contributed by atoms with E-state index in [1.165, 1.54) is 0 Å². The van der Waals surface area contributed by atoms with Crippen LogP contribution in [-0.4, -0.2) is 30.7 Å². The van der Waals surface area contributed by atoms with Crippen molar-refractivity contribution in [3.8, 4) is 5.75 Å². The molecule has 0 radical (unpaired) electrons. The number of esters is 1. The molecule has 1 fully saturated rings. The van der Waals surface area contributed by atoms with Crippen LogP contribution in [0.3, 0.4) is 0 Å². The zero-order valence-corrected chi connectivity index (χ0v) is 20.5. The number of ether oxygens (including phenoxy) is 2. The smallest absolute Gasteiger partial charge is 0.336 e. The maximum absolute atomic E-state index is 13.4. The van der Waals surface area contributed by atoms with Crippen LogP contribution in [0.4, 0.5) is 0 Å². The number of ketones is 1. The van der Waals surface area contributed by atoms with Crippen LogP contribution >= 0.6 is 0 Å². The SMILES string of the molecule is CCOc1ccc([C@H]2C(C(=O)OCCc3ccccc3)=C(C)N=C3CC(C)(C)CC(=O)C32)cc1. The van der Waals surface area contributed by atoms with Crippen molar-refractivity contribution in [3.05, 3.63) is 77.0 Å². The van der Waals surface area contributed by atoms with Gasteiger partial charge in [-0.3, -0.25) is 9.79 Å². The highest BCUT2D eigenvalue weighted by Crippen LogP contribution is 2.47. The highest BCUT2D eigenvalue weighted by molar-refractivity contribution is 6.12. The molecule has 5 nitrogen and oxygen atoms in total. The Balaban J connectivity index is 1.66. The van der Waals surface area contributed by atoms with Crippen LogP contribution < -0.4 is 4.74 Å². The predicted molar refractivity (Wildman–Crippen MR) is 133 cm³/mol. The molecule has 178 valence electrons. The van der Waals surface area contributed by atoms with Gasteiger partial charge in [0, 0.05) is 30.2 Å². The summed E-state index contributed by atoms with van der Waals surface area (Å²) in [7, 11) is 0. The van der Waals surface area contributed by atoms with Gasteiger partial charge in [-0.15, -0.1) is 0 Å². The minimum absolute atomic E-state index is 0.135. The summed E-state index contributed by atoms with van der Waals surface area (Å²) in [5.74, 6) is -0.342. The molecule has 0 N–H and O–H groups in total. The van der Waals surface area contributed by atoms with Gasteiger partial charge in [-0.2, -0.15) is 0 Å². The molecule has 1 heterocycles. The van der Waals surface area contributed by atoms with E-state index in [0.717, 1.165) is 29.0 Å². The summed E-state index contributed by atoms with van der Waals surface area (Å²) < 4.78 is 11.3. The Morgan fingerprint density at radius 1 is 1.03 bits per heavy atom. The van der Waals surface area contributed by atoms with Gasteiger partial charge >= 0.3 is 5.97 Å². The van der Waals surface area contributed by atoms with Gasteiger partial charge in [-0.05, 0) is 48.9 Å². The lowest BCUT2D eigenvalue weighted by Crippen LogP contribution is -2.44. The first-order valence-corrected chi connectivity index (χ1v) is 12.0. The molecule has 0 aromatic heterocycles. The number of hydrogen-bond donors (Lipinski definition) is 0. The molecule has 2 atom stereocenters. The largest absolute Gasteiger partial charge is 0.494 e. The van der Waals surface area contributed by atoms with Gasteiger partial charge in [0.25, 0.3) is 0 Å². The van der Waals surface area contributed by atoms with Gasteiger partial charge in [0.1, 0.15) is 11.5 Å². The highest BCUT2D eigenvalue weighted by Gasteiger charge is 2.47. The molecule has 2 aromatic rings. The fraction of sp³-hybridized carbons (Fsp3) is 0.414. The van der Waals surface area contributed by atoms with E-state index in [-0.39, 0.29) is 17.8 Å².